The summed E-state index contributed by atoms with van der Waals surface area (Å²) in [4.78, 5) is 15.4. The number of nitrogens with one attached hydrogen (secondary N) is 1. The van der Waals surface area contributed by atoms with Crippen LogP contribution in [0.2, 0.25) is 0 Å². The molecule has 0 radical (unpaired) electrons. The van der Waals surface area contributed by atoms with Gasteiger partial charge >= 0.3 is 5.97 Å². The first-order valence-corrected chi connectivity index (χ1v) is 9.22. The zero-order valence-electron chi connectivity index (χ0n) is 13.4. The van der Waals surface area contributed by atoms with Gasteiger partial charge in [0.2, 0.25) is 10.0 Å². The highest BCUT2D eigenvalue weighted by Gasteiger charge is 2.26. The number of nitrogens with zero attached hydrogens (tertiary/aromatic N) is 2. The van der Waals surface area contributed by atoms with E-state index in [4.69, 9.17) is 5.11 Å². The summed E-state index contributed by atoms with van der Waals surface area (Å²) in [7, 11) is -3.51. The van der Waals surface area contributed by atoms with Crippen molar-refractivity contribution < 1.29 is 18.3 Å². The molecule has 2 heterocycles. The molecular weight excluding hydrogens is 318 g/mol. The van der Waals surface area contributed by atoms with E-state index in [9.17, 15) is 13.2 Å². The summed E-state index contributed by atoms with van der Waals surface area (Å²) in [6.45, 7) is 4.66. The lowest BCUT2D eigenvalue weighted by atomic mass is 10.1. The second-order valence-electron chi connectivity index (χ2n) is 6.05. The van der Waals surface area contributed by atoms with Crippen LogP contribution in [0, 0.1) is 5.92 Å². The minimum absolute atomic E-state index is 0.119. The molecule has 0 spiro atoms. The Hall–Kier alpha value is -1.67. The maximum Gasteiger partial charge on any atom is 0.326 e. The molecule has 0 amide bonds. The first-order chi connectivity index (χ1) is 10.8. The quantitative estimate of drug-likeness (QED) is 0.818. The monoisotopic (exact) mass is 341 g/mol. The normalized spacial score (nSPS) is 17.9. The summed E-state index contributed by atoms with van der Waals surface area (Å²) < 4.78 is 26.5. The van der Waals surface area contributed by atoms with Gasteiger partial charge in [-0.05, 0) is 30.9 Å². The van der Waals surface area contributed by atoms with Crippen molar-refractivity contribution in [3.05, 3.63) is 18.3 Å². The van der Waals surface area contributed by atoms with Gasteiger partial charge in [0, 0.05) is 19.3 Å². The van der Waals surface area contributed by atoms with Gasteiger partial charge in [-0.15, -0.1) is 0 Å². The Morgan fingerprint density at radius 1 is 1.26 bits per heavy atom. The van der Waals surface area contributed by atoms with Crippen LogP contribution in [0.25, 0.3) is 0 Å². The molecule has 0 saturated carbocycles. The second-order valence-corrected chi connectivity index (χ2v) is 7.99. The Labute approximate surface area is 136 Å². The van der Waals surface area contributed by atoms with Gasteiger partial charge < -0.3 is 10.4 Å². The predicted octanol–water partition coefficient (Wildman–Crippen LogP) is 1.78. The standard InChI is InChI=1S/C15H23N3O4S/c1-11(2)14(15(19)20)17-13-7-6-12(10-16-13)23(21,22)18-8-4-3-5-9-18/h6-7,10-11,14H,3-5,8-9H2,1-2H3,(H,16,17)(H,19,20)/t14-/m0/s1. The molecular formula is C15H23N3O4S. The maximum atomic E-state index is 12.5. The van der Waals surface area contributed by atoms with Crippen LogP contribution in [0.1, 0.15) is 33.1 Å². The van der Waals surface area contributed by atoms with Crippen molar-refractivity contribution in [3.8, 4) is 0 Å². The largest absolute Gasteiger partial charge is 0.480 e. The molecule has 2 rings (SSSR count). The molecule has 1 aromatic heterocycles. The Morgan fingerprint density at radius 2 is 1.91 bits per heavy atom. The fourth-order valence-corrected chi connectivity index (χ4v) is 4.01. The number of aliphatic carboxylic acids is 1. The average Bonchev–Trinajstić information content (AvgIpc) is 2.53. The zero-order chi connectivity index (χ0) is 17.0. The van der Waals surface area contributed by atoms with Crippen molar-refractivity contribution >= 4 is 21.8 Å². The third-order valence-corrected chi connectivity index (χ3v) is 5.81. The lowest BCUT2D eigenvalue weighted by Crippen LogP contribution is -2.36. The number of piperidine rings is 1. The van der Waals surface area contributed by atoms with Gasteiger partial charge in [-0.1, -0.05) is 20.3 Å². The van der Waals surface area contributed by atoms with Gasteiger partial charge in [0.05, 0.1) is 0 Å². The SMILES string of the molecule is CC(C)[C@H](Nc1ccc(S(=O)(=O)N2CCCCC2)cn1)C(=O)O. The Balaban J connectivity index is 2.14. The van der Waals surface area contributed by atoms with E-state index in [0.29, 0.717) is 18.9 Å². The summed E-state index contributed by atoms with van der Waals surface area (Å²) >= 11 is 0. The van der Waals surface area contributed by atoms with Crippen LogP contribution in [0.3, 0.4) is 0 Å². The van der Waals surface area contributed by atoms with Gasteiger partial charge in [0.15, 0.2) is 0 Å². The first kappa shape index (κ1) is 17.7. The highest BCUT2D eigenvalue weighted by atomic mass is 32.2. The van der Waals surface area contributed by atoms with E-state index < -0.39 is 22.0 Å². The molecule has 0 aliphatic carbocycles. The van der Waals surface area contributed by atoms with Crippen molar-refractivity contribution in [2.75, 3.05) is 18.4 Å². The molecule has 8 heteroatoms. The van der Waals surface area contributed by atoms with Crippen LogP contribution in [0.15, 0.2) is 23.2 Å². The number of anilines is 1. The van der Waals surface area contributed by atoms with Crippen LogP contribution in [0.4, 0.5) is 5.82 Å². The zero-order valence-corrected chi connectivity index (χ0v) is 14.2. The number of hydrogen-bond acceptors (Lipinski definition) is 5. The minimum Gasteiger partial charge on any atom is -0.480 e. The molecule has 1 aliphatic heterocycles. The van der Waals surface area contributed by atoms with E-state index in [-0.39, 0.29) is 10.8 Å². The van der Waals surface area contributed by atoms with Crippen molar-refractivity contribution in [3.63, 3.8) is 0 Å². The van der Waals surface area contributed by atoms with E-state index in [1.54, 1.807) is 13.8 Å². The van der Waals surface area contributed by atoms with Gasteiger partial charge in [-0.2, -0.15) is 4.31 Å². The highest BCUT2D eigenvalue weighted by molar-refractivity contribution is 7.89. The number of aromatic nitrogens is 1. The summed E-state index contributed by atoms with van der Waals surface area (Å²) in [5, 5.41) is 12.0. The number of rotatable bonds is 6. The molecule has 2 N–H and O–H groups in total. The van der Waals surface area contributed by atoms with Crippen LogP contribution < -0.4 is 5.32 Å². The molecule has 7 nitrogen and oxygen atoms in total. The van der Waals surface area contributed by atoms with E-state index in [0.717, 1.165) is 19.3 Å². The molecule has 1 aromatic rings. The number of hydrogen-bond donors (Lipinski definition) is 2. The van der Waals surface area contributed by atoms with Crippen LogP contribution in [-0.4, -0.2) is 47.9 Å². The average molecular weight is 341 g/mol. The van der Waals surface area contributed by atoms with E-state index in [2.05, 4.69) is 10.3 Å². The summed E-state index contributed by atoms with van der Waals surface area (Å²) in [6, 6.07) is 2.21. The van der Waals surface area contributed by atoms with Gasteiger partial charge in [0.25, 0.3) is 0 Å². The maximum absolute atomic E-state index is 12.5. The van der Waals surface area contributed by atoms with E-state index >= 15 is 0 Å². The first-order valence-electron chi connectivity index (χ1n) is 7.78. The minimum atomic E-state index is -3.51. The fraction of sp³-hybridized carbons (Fsp3) is 0.600. The van der Waals surface area contributed by atoms with Crippen molar-refractivity contribution in [1.29, 1.82) is 0 Å². The lowest BCUT2D eigenvalue weighted by molar-refractivity contribution is -0.138. The van der Waals surface area contributed by atoms with Gasteiger partial charge in [0.1, 0.15) is 16.8 Å². The summed E-state index contributed by atoms with van der Waals surface area (Å²) in [6.07, 6.45) is 4.09. The lowest BCUT2D eigenvalue weighted by Gasteiger charge is -2.25. The van der Waals surface area contributed by atoms with Crippen molar-refractivity contribution in [2.24, 2.45) is 5.92 Å². The van der Waals surface area contributed by atoms with Crippen molar-refractivity contribution in [2.45, 2.75) is 44.0 Å². The van der Waals surface area contributed by atoms with Gasteiger partial charge in [-0.25, -0.2) is 18.2 Å². The van der Waals surface area contributed by atoms with Crippen LogP contribution in [0.5, 0.6) is 0 Å². The van der Waals surface area contributed by atoms with E-state index in [1.165, 1.54) is 22.6 Å². The second kappa shape index (κ2) is 7.27. The number of sulfonamides is 1. The molecule has 1 saturated heterocycles. The topological polar surface area (TPSA) is 99.6 Å². The number of carboxylic acids is 1. The Kier molecular flexibility index (Phi) is 5.59. The highest BCUT2D eigenvalue weighted by Crippen LogP contribution is 2.21. The van der Waals surface area contributed by atoms with Crippen LogP contribution >= 0.6 is 0 Å². The van der Waals surface area contributed by atoms with E-state index in [1.807, 2.05) is 0 Å². The van der Waals surface area contributed by atoms with Gasteiger partial charge in [-0.3, -0.25) is 0 Å². The molecule has 1 fully saturated rings. The van der Waals surface area contributed by atoms with Crippen molar-refractivity contribution in [1.82, 2.24) is 9.29 Å². The molecule has 1 aliphatic rings. The summed E-state index contributed by atoms with van der Waals surface area (Å²) in [5.41, 5.74) is 0. The fourth-order valence-electron chi connectivity index (χ4n) is 2.55. The number of carbonyl (C=O) groups is 1. The molecule has 23 heavy (non-hydrogen) atoms. The molecule has 128 valence electrons. The number of pyridine rings is 1. The third-order valence-electron chi connectivity index (χ3n) is 3.93. The number of carboxylic acid groups (broad SMARTS) is 1. The predicted molar refractivity (Wildman–Crippen MR) is 86.7 cm³/mol. The molecule has 0 bridgehead atoms. The summed E-state index contributed by atoms with van der Waals surface area (Å²) in [5.74, 6) is -0.735. The molecule has 1 atom stereocenters. The smallest absolute Gasteiger partial charge is 0.326 e. The third kappa shape index (κ3) is 4.20. The molecule has 0 aromatic carbocycles. The Bertz CT molecular complexity index is 637. The molecule has 0 unspecified atom stereocenters. The van der Waals surface area contributed by atoms with Crippen LogP contribution in [-0.2, 0) is 14.8 Å². The Morgan fingerprint density at radius 3 is 2.39 bits per heavy atom.